The molecule has 174 valence electrons. The minimum Gasteiger partial charge on any atom is -0.352 e. The maximum absolute atomic E-state index is 13.8. The predicted molar refractivity (Wildman–Crippen MR) is 132 cm³/mol. The van der Waals surface area contributed by atoms with E-state index in [2.05, 4.69) is 51.5 Å². The molecule has 1 amide bonds. The average molecular weight is 456 g/mol. The Morgan fingerprint density at radius 2 is 1.85 bits per heavy atom. The van der Waals surface area contributed by atoms with Gasteiger partial charge in [-0.15, -0.1) is 0 Å². The maximum atomic E-state index is 13.8. The van der Waals surface area contributed by atoms with E-state index in [1.165, 1.54) is 4.80 Å². The van der Waals surface area contributed by atoms with Gasteiger partial charge in [-0.3, -0.25) is 4.79 Å². The van der Waals surface area contributed by atoms with Crippen molar-refractivity contribution < 1.29 is 4.79 Å². The van der Waals surface area contributed by atoms with Crippen LogP contribution >= 0.6 is 0 Å². The van der Waals surface area contributed by atoms with Crippen LogP contribution in [0.5, 0.6) is 0 Å². The first-order valence-electron chi connectivity index (χ1n) is 11.7. The van der Waals surface area contributed by atoms with E-state index in [9.17, 15) is 4.79 Å². The minimum absolute atomic E-state index is 0.00408. The molecule has 3 heterocycles. The van der Waals surface area contributed by atoms with Gasteiger partial charge in [0, 0.05) is 24.7 Å². The summed E-state index contributed by atoms with van der Waals surface area (Å²) in [5.41, 5.74) is 4.42. The van der Waals surface area contributed by atoms with Gasteiger partial charge in [-0.05, 0) is 56.4 Å². The largest absolute Gasteiger partial charge is 0.352 e. The number of nitrogens with one attached hydrogen (secondary N) is 1. The number of nitrogens with zero attached hydrogens (tertiary/aromatic N) is 6. The van der Waals surface area contributed by atoms with E-state index in [1.807, 2.05) is 42.3 Å². The van der Waals surface area contributed by atoms with Gasteiger partial charge in [0.15, 0.2) is 0 Å². The van der Waals surface area contributed by atoms with Crippen molar-refractivity contribution in [2.24, 2.45) is 5.92 Å². The second-order valence-electron chi connectivity index (χ2n) is 9.16. The van der Waals surface area contributed by atoms with Crippen molar-refractivity contribution in [2.75, 3.05) is 18.4 Å². The number of aromatic nitrogens is 5. The number of piperidine rings is 1. The van der Waals surface area contributed by atoms with Gasteiger partial charge >= 0.3 is 0 Å². The van der Waals surface area contributed by atoms with E-state index < -0.39 is 0 Å². The number of fused-ring (bicyclic) bond motifs is 1. The Morgan fingerprint density at radius 3 is 2.68 bits per heavy atom. The van der Waals surface area contributed by atoms with Crippen LogP contribution in [-0.4, -0.2) is 54.9 Å². The Hall–Kier alpha value is -3.81. The topological polar surface area (TPSA) is 88.8 Å². The minimum atomic E-state index is 0.00408. The number of hydrogen-bond donors (Lipinski definition) is 1. The molecule has 0 bridgehead atoms. The molecule has 1 aliphatic heterocycles. The Balaban J connectivity index is 1.40. The Bertz CT molecular complexity index is 1320. The molecule has 0 spiro atoms. The summed E-state index contributed by atoms with van der Waals surface area (Å²) in [5, 5.41) is 12.9. The third-order valence-electron chi connectivity index (χ3n) is 6.60. The predicted octanol–water partition coefficient (Wildman–Crippen LogP) is 4.18. The van der Waals surface area contributed by atoms with Crippen LogP contribution < -0.4 is 5.32 Å². The molecule has 0 radical (unpaired) electrons. The molecule has 4 aromatic rings. The van der Waals surface area contributed by atoms with E-state index in [0.717, 1.165) is 34.9 Å². The first-order chi connectivity index (χ1) is 16.5. The Morgan fingerprint density at radius 1 is 1.09 bits per heavy atom. The van der Waals surface area contributed by atoms with Gasteiger partial charge < -0.3 is 10.2 Å². The highest BCUT2D eigenvalue weighted by molar-refractivity contribution is 5.98. The SMILES string of the molecule is Cc1ccc(-n2nccn2)c(C(=O)N2CCC[C@@H](C)C2CNc2ncc3ccc(C)cc3n2)c1. The second kappa shape index (κ2) is 9.21. The van der Waals surface area contributed by atoms with Crippen LogP contribution in [0.4, 0.5) is 5.95 Å². The number of hydrogen-bond acceptors (Lipinski definition) is 6. The highest BCUT2D eigenvalue weighted by Gasteiger charge is 2.33. The molecule has 2 atom stereocenters. The van der Waals surface area contributed by atoms with Crippen molar-refractivity contribution in [1.82, 2.24) is 29.9 Å². The molecule has 1 unspecified atom stereocenters. The zero-order chi connectivity index (χ0) is 23.7. The highest BCUT2D eigenvalue weighted by atomic mass is 16.2. The molecule has 8 nitrogen and oxygen atoms in total. The maximum Gasteiger partial charge on any atom is 0.256 e. The molecule has 1 N–H and O–H groups in total. The van der Waals surface area contributed by atoms with Gasteiger partial charge in [0.05, 0.1) is 35.2 Å². The van der Waals surface area contributed by atoms with Gasteiger partial charge in [-0.1, -0.05) is 30.7 Å². The summed E-state index contributed by atoms with van der Waals surface area (Å²) in [6.45, 7) is 7.56. The number of likely N-dealkylation sites (tertiary alicyclic amines) is 1. The van der Waals surface area contributed by atoms with Crippen molar-refractivity contribution in [3.8, 4) is 5.69 Å². The van der Waals surface area contributed by atoms with E-state index in [0.29, 0.717) is 36.2 Å². The number of anilines is 1. The van der Waals surface area contributed by atoms with Gasteiger partial charge in [0.2, 0.25) is 5.95 Å². The number of benzene rings is 2. The van der Waals surface area contributed by atoms with Crippen molar-refractivity contribution in [3.63, 3.8) is 0 Å². The van der Waals surface area contributed by atoms with Crippen LogP contribution in [0.25, 0.3) is 16.6 Å². The third kappa shape index (κ3) is 4.35. The Kier molecular flexibility index (Phi) is 5.96. The molecular weight excluding hydrogens is 426 g/mol. The molecule has 1 aliphatic rings. The van der Waals surface area contributed by atoms with Gasteiger partial charge in [-0.25, -0.2) is 9.97 Å². The lowest BCUT2D eigenvalue weighted by Gasteiger charge is -2.40. The average Bonchev–Trinajstić information content (AvgIpc) is 3.37. The number of amides is 1. The smallest absolute Gasteiger partial charge is 0.256 e. The molecule has 34 heavy (non-hydrogen) atoms. The zero-order valence-corrected chi connectivity index (χ0v) is 19.8. The standard InChI is InChI=1S/C26H29N7O/c1-17-7-9-23(33-29-10-11-30-33)21(13-17)25(34)32-12-4-5-19(3)24(32)16-28-26-27-15-20-8-6-18(2)14-22(20)31-26/h6-11,13-15,19,24H,4-5,12,16H2,1-3H3,(H,27,28,31)/t19-,24?/m1/s1. The van der Waals surface area contributed by atoms with Crippen LogP contribution in [-0.2, 0) is 0 Å². The highest BCUT2D eigenvalue weighted by Crippen LogP contribution is 2.27. The summed E-state index contributed by atoms with van der Waals surface area (Å²) >= 11 is 0. The lowest BCUT2D eigenvalue weighted by Crippen LogP contribution is -2.51. The molecule has 1 saturated heterocycles. The normalized spacial score (nSPS) is 18.3. The third-order valence-corrected chi connectivity index (χ3v) is 6.60. The van der Waals surface area contributed by atoms with Crippen molar-refractivity contribution in [2.45, 2.75) is 39.7 Å². The molecule has 5 rings (SSSR count). The molecule has 1 fully saturated rings. The number of rotatable bonds is 5. The van der Waals surface area contributed by atoms with Gasteiger partial charge in [-0.2, -0.15) is 15.0 Å². The van der Waals surface area contributed by atoms with Crippen LogP contribution in [0.1, 0.15) is 41.3 Å². The van der Waals surface area contributed by atoms with Gasteiger partial charge in [0.25, 0.3) is 5.91 Å². The first kappa shape index (κ1) is 22.0. The van der Waals surface area contributed by atoms with E-state index >= 15 is 0 Å². The summed E-state index contributed by atoms with van der Waals surface area (Å²) in [7, 11) is 0. The summed E-state index contributed by atoms with van der Waals surface area (Å²) in [6, 6.07) is 12.0. The number of carbonyl (C=O) groups excluding carboxylic acids is 1. The summed E-state index contributed by atoms with van der Waals surface area (Å²) in [6.07, 6.45) is 7.14. The molecule has 2 aromatic carbocycles. The lowest BCUT2D eigenvalue weighted by molar-refractivity contribution is 0.0539. The van der Waals surface area contributed by atoms with Crippen LogP contribution in [0.15, 0.2) is 55.0 Å². The van der Waals surface area contributed by atoms with Crippen molar-refractivity contribution in [3.05, 3.63) is 71.7 Å². The van der Waals surface area contributed by atoms with Crippen LogP contribution in [0.2, 0.25) is 0 Å². The summed E-state index contributed by atoms with van der Waals surface area (Å²) < 4.78 is 0. The quantitative estimate of drug-likeness (QED) is 0.486. The molecule has 0 saturated carbocycles. The van der Waals surface area contributed by atoms with Crippen molar-refractivity contribution in [1.29, 1.82) is 0 Å². The van der Waals surface area contributed by atoms with Crippen LogP contribution in [0, 0.1) is 19.8 Å². The fourth-order valence-electron chi connectivity index (χ4n) is 4.72. The molecular formula is C26H29N7O. The zero-order valence-electron chi connectivity index (χ0n) is 19.8. The first-order valence-corrected chi connectivity index (χ1v) is 11.7. The monoisotopic (exact) mass is 455 g/mol. The van der Waals surface area contributed by atoms with Crippen LogP contribution in [0.3, 0.4) is 0 Å². The number of aryl methyl sites for hydroxylation is 2. The van der Waals surface area contributed by atoms with E-state index in [-0.39, 0.29) is 11.9 Å². The summed E-state index contributed by atoms with van der Waals surface area (Å²) in [5.74, 6) is 0.939. The molecule has 2 aromatic heterocycles. The number of carbonyl (C=O) groups is 1. The van der Waals surface area contributed by atoms with Crippen molar-refractivity contribution >= 4 is 22.8 Å². The van der Waals surface area contributed by atoms with E-state index in [1.54, 1.807) is 12.4 Å². The van der Waals surface area contributed by atoms with E-state index in [4.69, 9.17) is 0 Å². The fraction of sp³-hybridized carbons (Fsp3) is 0.346. The lowest BCUT2D eigenvalue weighted by atomic mass is 9.90. The molecule has 8 heteroatoms. The Labute approximate surface area is 199 Å². The second-order valence-corrected chi connectivity index (χ2v) is 9.16. The summed E-state index contributed by atoms with van der Waals surface area (Å²) in [4.78, 5) is 26.5. The van der Waals surface area contributed by atoms with Gasteiger partial charge in [0.1, 0.15) is 0 Å². The fourth-order valence-corrected chi connectivity index (χ4v) is 4.72. The molecule has 0 aliphatic carbocycles.